The lowest BCUT2D eigenvalue weighted by molar-refractivity contribution is 0.430. The number of fused-ring (bicyclic) bond motifs is 3. The second-order valence-corrected chi connectivity index (χ2v) is 16.6. The standard InChI is InChI=1S/C59H47N/c1-5-17-42(18-6-1)43-29-31-44(32-30-43)45-33-36-50(37-34-45)60(57-40-35-46-19-13-14-26-52(46)58(57)47-20-7-2-8-21-47)51-38-39-56-54(41-51)53-27-15-16-28-55(53)59(56,48-22-9-3-10-23-48)49-24-11-4-12-25-49/h1-15,17-24,26-27,29-37,39-41,49,51H,16,25,28,38H2. The molecule has 0 fully saturated rings. The predicted molar refractivity (Wildman–Crippen MR) is 253 cm³/mol. The maximum atomic E-state index is 2.63. The molecule has 3 atom stereocenters. The summed E-state index contributed by atoms with van der Waals surface area (Å²) in [5.41, 5.74) is 16.9. The Bertz CT molecular complexity index is 2890. The van der Waals surface area contributed by atoms with Crippen molar-refractivity contribution in [3.05, 3.63) is 252 Å². The Morgan fingerprint density at radius 1 is 0.533 bits per heavy atom. The number of anilines is 2. The van der Waals surface area contributed by atoms with Crippen LogP contribution in [0.2, 0.25) is 0 Å². The highest BCUT2D eigenvalue weighted by atomic mass is 15.2. The molecule has 0 heterocycles. The van der Waals surface area contributed by atoms with Gasteiger partial charge in [-0.1, -0.05) is 206 Å². The number of benzene rings is 7. The van der Waals surface area contributed by atoms with Crippen molar-refractivity contribution in [2.24, 2.45) is 5.92 Å². The van der Waals surface area contributed by atoms with Crippen LogP contribution in [-0.4, -0.2) is 6.04 Å². The average Bonchev–Trinajstić information content (AvgIpc) is 3.63. The molecule has 0 saturated carbocycles. The molecule has 7 aromatic carbocycles. The number of nitrogens with zero attached hydrogens (tertiary/aromatic N) is 1. The molecule has 0 spiro atoms. The molecular formula is C59H47N. The second-order valence-electron chi connectivity index (χ2n) is 16.6. The van der Waals surface area contributed by atoms with Gasteiger partial charge in [0.1, 0.15) is 0 Å². The van der Waals surface area contributed by atoms with E-state index in [1.54, 1.807) is 5.57 Å². The third-order valence-electron chi connectivity index (χ3n) is 13.4. The first-order valence-electron chi connectivity index (χ1n) is 21.6. The van der Waals surface area contributed by atoms with Crippen molar-refractivity contribution >= 4 is 22.1 Å². The smallest absolute Gasteiger partial charge is 0.0566 e. The lowest BCUT2D eigenvalue weighted by Gasteiger charge is -2.43. The highest BCUT2D eigenvalue weighted by Gasteiger charge is 2.52. The fourth-order valence-corrected chi connectivity index (χ4v) is 10.7. The average molecular weight is 770 g/mol. The fraction of sp³-hybridized carbons (Fsp3) is 0.119. The van der Waals surface area contributed by atoms with Gasteiger partial charge in [0.2, 0.25) is 0 Å². The highest BCUT2D eigenvalue weighted by Crippen LogP contribution is 2.61. The van der Waals surface area contributed by atoms with Crippen LogP contribution >= 0.6 is 0 Å². The molecule has 4 aliphatic rings. The van der Waals surface area contributed by atoms with Crippen LogP contribution in [0, 0.1) is 5.92 Å². The van der Waals surface area contributed by atoms with E-state index >= 15 is 0 Å². The second kappa shape index (κ2) is 15.3. The van der Waals surface area contributed by atoms with Crippen molar-refractivity contribution in [3.63, 3.8) is 0 Å². The Kier molecular flexibility index (Phi) is 9.23. The van der Waals surface area contributed by atoms with E-state index < -0.39 is 0 Å². The molecule has 0 saturated heterocycles. The van der Waals surface area contributed by atoms with Crippen molar-refractivity contribution < 1.29 is 0 Å². The van der Waals surface area contributed by atoms with Crippen LogP contribution in [-0.2, 0) is 5.41 Å². The SMILES string of the molecule is C1=CCC(C2(c3ccccc3)C3=CCC(N(c4ccc(-c5ccc(-c6ccccc6)cc5)cc4)c4ccc5ccccc5c4-c4ccccc4)C=C3C3=C2CCC=C3)C=C1. The van der Waals surface area contributed by atoms with Crippen molar-refractivity contribution in [2.75, 3.05) is 4.90 Å². The maximum absolute atomic E-state index is 2.63. The molecule has 60 heavy (non-hydrogen) atoms. The molecule has 4 aliphatic carbocycles. The van der Waals surface area contributed by atoms with Gasteiger partial charge in [-0.3, -0.25) is 0 Å². The van der Waals surface area contributed by atoms with Crippen molar-refractivity contribution in [1.82, 2.24) is 0 Å². The molecule has 0 amide bonds. The Morgan fingerprint density at radius 3 is 1.87 bits per heavy atom. The maximum Gasteiger partial charge on any atom is 0.0566 e. The van der Waals surface area contributed by atoms with Gasteiger partial charge in [0.25, 0.3) is 0 Å². The van der Waals surface area contributed by atoms with Gasteiger partial charge >= 0.3 is 0 Å². The molecular weight excluding hydrogens is 723 g/mol. The highest BCUT2D eigenvalue weighted by molar-refractivity contribution is 6.04. The largest absolute Gasteiger partial charge is 0.334 e. The Morgan fingerprint density at radius 2 is 1.17 bits per heavy atom. The van der Waals surface area contributed by atoms with Crippen LogP contribution in [0.15, 0.2) is 247 Å². The lowest BCUT2D eigenvalue weighted by atomic mass is 9.60. The predicted octanol–water partition coefficient (Wildman–Crippen LogP) is 15.3. The van der Waals surface area contributed by atoms with Crippen molar-refractivity contribution in [3.8, 4) is 33.4 Å². The number of allylic oxidation sites excluding steroid dienone is 10. The molecule has 0 bridgehead atoms. The van der Waals surface area contributed by atoms with E-state index in [9.17, 15) is 0 Å². The van der Waals surface area contributed by atoms with Crippen LogP contribution in [0.25, 0.3) is 44.2 Å². The molecule has 0 aromatic heterocycles. The Labute approximate surface area is 354 Å². The summed E-state index contributed by atoms with van der Waals surface area (Å²) in [6.07, 6.45) is 23.5. The van der Waals surface area contributed by atoms with Gasteiger partial charge in [-0.25, -0.2) is 0 Å². The summed E-state index contributed by atoms with van der Waals surface area (Å²) in [5.74, 6) is 0.352. The molecule has 1 heteroatoms. The van der Waals surface area contributed by atoms with Gasteiger partial charge < -0.3 is 4.90 Å². The number of hydrogen-bond donors (Lipinski definition) is 0. The minimum atomic E-state index is -0.194. The van der Waals surface area contributed by atoms with E-state index in [1.165, 1.54) is 77.8 Å². The van der Waals surface area contributed by atoms with Crippen molar-refractivity contribution in [2.45, 2.75) is 37.1 Å². The summed E-state index contributed by atoms with van der Waals surface area (Å²) in [5, 5.41) is 2.51. The van der Waals surface area contributed by atoms with Crippen LogP contribution in [0.5, 0.6) is 0 Å². The summed E-state index contributed by atoms with van der Waals surface area (Å²) in [6.45, 7) is 0. The number of hydrogen-bond acceptors (Lipinski definition) is 1. The zero-order valence-electron chi connectivity index (χ0n) is 33.8. The third-order valence-corrected chi connectivity index (χ3v) is 13.4. The molecule has 11 rings (SSSR count). The third kappa shape index (κ3) is 6.08. The molecule has 0 N–H and O–H groups in total. The fourth-order valence-electron chi connectivity index (χ4n) is 10.7. The minimum absolute atomic E-state index is 0.0841. The van der Waals surface area contributed by atoms with E-state index in [-0.39, 0.29) is 11.5 Å². The first kappa shape index (κ1) is 36.1. The van der Waals surface area contributed by atoms with Crippen LogP contribution < -0.4 is 4.90 Å². The lowest BCUT2D eigenvalue weighted by Crippen LogP contribution is -2.38. The zero-order chi connectivity index (χ0) is 39.9. The molecule has 0 radical (unpaired) electrons. The molecule has 288 valence electrons. The quantitative estimate of drug-likeness (QED) is 0.149. The van der Waals surface area contributed by atoms with Crippen LogP contribution in [0.4, 0.5) is 11.4 Å². The first-order chi connectivity index (χ1) is 29.8. The monoisotopic (exact) mass is 769 g/mol. The van der Waals surface area contributed by atoms with Gasteiger partial charge in [0, 0.05) is 16.7 Å². The van der Waals surface area contributed by atoms with Gasteiger partial charge in [0.05, 0.1) is 11.7 Å². The van der Waals surface area contributed by atoms with E-state index in [4.69, 9.17) is 0 Å². The Balaban J connectivity index is 1.07. The normalized spacial score (nSPS) is 20.4. The van der Waals surface area contributed by atoms with Crippen molar-refractivity contribution in [1.29, 1.82) is 0 Å². The summed E-state index contributed by atoms with van der Waals surface area (Å²) >= 11 is 0. The van der Waals surface area contributed by atoms with E-state index in [1.807, 2.05) is 0 Å². The van der Waals surface area contributed by atoms with Gasteiger partial charge in [-0.05, 0) is 116 Å². The topological polar surface area (TPSA) is 3.24 Å². The minimum Gasteiger partial charge on any atom is -0.334 e. The zero-order valence-corrected chi connectivity index (χ0v) is 33.8. The summed E-state index contributed by atoms with van der Waals surface area (Å²) in [7, 11) is 0. The van der Waals surface area contributed by atoms with E-state index in [0.717, 1.165) is 25.7 Å². The molecule has 3 unspecified atom stereocenters. The molecule has 1 nitrogen and oxygen atoms in total. The summed E-state index contributed by atoms with van der Waals surface area (Å²) in [4.78, 5) is 2.63. The van der Waals surface area contributed by atoms with Crippen LogP contribution in [0.1, 0.15) is 31.2 Å². The number of rotatable bonds is 8. The van der Waals surface area contributed by atoms with Crippen LogP contribution in [0.3, 0.4) is 0 Å². The summed E-state index contributed by atoms with van der Waals surface area (Å²) < 4.78 is 0. The van der Waals surface area contributed by atoms with Gasteiger partial charge in [0.15, 0.2) is 0 Å². The molecule has 7 aromatic rings. The molecule has 0 aliphatic heterocycles. The van der Waals surface area contributed by atoms with Gasteiger partial charge in [-0.2, -0.15) is 0 Å². The van der Waals surface area contributed by atoms with E-state index in [0.29, 0.717) is 5.92 Å². The van der Waals surface area contributed by atoms with Gasteiger partial charge in [-0.15, -0.1) is 0 Å². The first-order valence-corrected chi connectivity index (χ1v) is 21.6. The van der Waals surface area contributed by atoms with E-state index in [2.05, 4.69) is 229 Å². The summed E-state index contributed by atoms with van der Waals surface area (Å²) in [6, 6.07) is 64.9. The Hall–Kier alpha value is -6.96.